The summed E-state index contributed by atoms with van der Waals surface area (Å²) in [7, 11) is 0. The highest BCUT2D eigenvalue weighted by molar-refractivity contribution is 7.13. The minimum Gasteiger partial charge on any atom is -0.144 e. The minimum absolute atomic E-state index is 1.30. The van der Waals surface area contributed by atoms with E-state index < -0.39 is 0 Å². The molecule has 4 rings (SSSR count). The van der Waals surface area contributed by atoms with Crippen molar-refractivity contribution in [1.29, 1.82) is 0 Å². The predicted molar refractivity (Wildman–Crippen MR) is 90.6 cm³/mol. The molecule has 2 heterocycles. The molecule has 0 nitrogen and oxygen atoms in total. The summed E-state index contributed by atoms with van der Waals surface area (Å²) >= 11 is 3.58. The van der Waals surface area contributed by atoms with E-state index in [2.05, 4.69) is 71.4 Å². The van der Waals surface area contributed by atoms with Gasteiger partial charge in [-0.25, -0.2) is 0 Å². The second-order valence-electron chi connectivity index (χ2n) is 4.73. The fourth-order valence-corrected chi connectivity index (χ4v) is 3.89. The van der Waals surface area contributed by atoms with Crippen molar-refractivity contribution < 1.29 is 0 Å². The Kier molecular flexibility index (Phi) is 2.91. The van der Waals surface area contributed by atoms with E-state index in [4.69, 9.17) is 0 Å². The van der Waals surface area contributed by atoms with Gasteiger partial charge in [0.2, 0.25) is 0 Å². The van der Waals surface area contributed by atoms with Gasteiger partial charge in [-0.3, -0.25) is 0 Å². The molecule has 0 unspecified atom stereocenters. The summed E-state index contributed by atoms with van der Waals surface area (Å²) in [6.45, 7) is 0. The van der Waals surface area contributed by atoms with E-state index in [0.29, 0.717) is 0 Å². The van der Waals surface area contributed by atoms with Crippen LogP contribution in [0.15, 0.2) is 71.4 Å². The zero-order valence-corrected chi connectivity index (χ0v) is 12.4. The van der Waals surface area contributed by atoms with Crippen LogP contribution in [-0.4, -0.2) is 0 Å². The third kappa shape index (κ3) is 2.07. The molecule has 0 bridgehead atoms. The van der Waals surface area contributed by atoms with E-state index in [9.17, 15) is 0 Å². The SMILES string of the molecule is c1csc(-c2ccc3ccc(-c4cccs4)cc3c2)c1. The largest absolute Gasteiger partial charge is 0.144 e. The van der Waals surface area contributed by atoms with E-state index in [0.717, 1.165) is 0 Å². The van der Waals surface area contributed by atoms with Gasteiger partial charge in [0.05, 0.1) is 0 Å². The molecule has 2 aromatic heterocycles. The molecule has 20 heavy (non-hydrogen) atoms. The van der Waals surface area contributed by atoms with Gasteiger partial charge in [-0.2, -0.15) is 0 Å². The van der Waals surface area contributed by atoms with Gasteiger partial charge in [0.25, 0.3) is 0 Å². The maximum Gasteiger partial charge on any atom is 0.0342 e. The topological polar surface area (TPSA) is 0 Å². The van der Waals surface area contributed by atoms with Gasteiger partial charge in [0.1, 0.15) is 0 Å². The number of thiophene rings is 2. The van der Waals surface area contributed by atoms with Gasteiger partial charge < -0.3 is 0 Å². The second kappa shape index (κ2) is 4.89. The van der Waals surface area contributed by atoms with E-state index in [1.807, 2.05) is 0 Å². The Bertz CT molecular complexity index is 771. The fourth-order valence-electron chi connectivity index (χ4n) is 2.44. The summed E-state index contributed by atoms with van der Waals surface area (Å²) in [5.74, 6) is 0. The Balaban J connectivity index is 1.88. The monoisotopic (exact) mass is 292 g/mol. The highest BCUT2D eigenvalue weighted by atomic mass is 32.1. The molecule has 4 aromatic rings. The van der Waals surface area contributed by atoms with Gasteiger partial charge in [-0.15, -0.1) is 22.7 Å². The Hall–Kier alpha value is -1.90. The summed E-state index contributed by atoms with van der Waals surface area (Å²) < 4.78 is 0. The van der Waals surface area contributed by atoms with Crippen LogP contribution in [0.2, 0.25) is 0 Å². The van der Waals surface area contributed by atoms with Crippen LogP contribution in [0.5, 0.6) is 0 Å². The van der Waals surface area contributed by atoms with Crippen molar-refractivity contribution in [2.75, 3.05) is 0 Å². The minimum atomic E-state index is 1.30. The van der Waals surface area contributed by atoms with Crippen LogP contribution in [0.1, 0.15) is 0 Å². The van der Waals surface area contributed by atoms with Crippen molar-refractivity contribution in [3.8, 4) is 20.9 Å². The van der Waals surface area contributed by atoms with Crippen LogP contribution in [-0.2, 0) is 0 Å². The lowest BCUT2D eigenvalue weighted by atomic mass is 10.0. The second-order valence-corrected chi connectivity index (χ2v) is 6.63. The molecule has 0 amide bonds. The Morgan fingerprint density at radius 2 is 1.10 bits per heavy atom. The van der Waals surface area contributed by atoms with Gasteiger partial charge in [0, 0.05) is 9.75 Å². The zero-order chi connectivity index (χ0) is 13.4. The standard InChI is InChI=1S/C18H12S2/c1-3-17(19-9-1)14-7-5-13-6-8-15(12-16(13)11-14)18-4-2-10-20-18/h1-12H. The predicted octanol–water partition coefficient (Wildman–Crippen LogP) is 6.30. The molecule has 96 valence electrons. The first-order chi connectivity index (χ1) is 9.90. The average molecular weight is 292 g/mol. The highest BCUT2D eigenvalue weighted by Gasteiger charge is 2.03. The Morgan fingerprint density at radius 1 is 0.550 bits per heavy atom. The summed E-state index contributed by atoms with van der Waals surface area (Å²) in [6.07, 6.45) is 0. The number of fused-ring (bicyclic) bond motifs is 1. The van der Waals surface area contributed by atoms with Crippen molar-refractivity contribution in [2.24, 2.45) is 0 Å². The molecule has 0 N–H and O–H groups in total. The fraction of sp³-hybridized carbons (Fsp3) is 0. The molecular formula is C18H12S2. The highest BCUT2D eigenvalue weighted by Crippen LogP contribution is 2.31. The van der Waals surface area contributed by atoms with Crippen LogP contribution in [0.4, 0.5) is 0 Å². The van der Waals surface area contributed by atoms with Crippen molar-refractivity contribution in [2.45, 2.75) is 0 Å². The van der Waals surface area contributed by atoms with E-state index in [-0.39, 0.29) is 0 Å². The first-order valence-corrected chi connectivity index (χ1v) is 8.28. The van der Waals surface area contributed by atoms with Crippen molar-refractivity contribution in [3.63, 3.8) is 0 Å². The van der Waals surface area contributed by atoms with Crippen LogP contribution < -0.4 is 0 Å². The van der Waals surface area contributed by atoms with E-state index in [1.54, 1.807) is 22.7 Å². The van der Waals surface area contributed by atoms with Crippen molar-refractivity contribution in [3.05, 3.63) is 71.4 Å². The molecule has 0 saturated carbocycles. The number of benzene rings is 2. The molecule has 0 saturated heterocycles. The van der Waals surface area contributed by atoms with Gasteiger partial charge in [-0.05, 0) is 56.9 Å². The summed E-state index contributed by atoms with van der Waals surface area (Å²) in [5, 5.41) is 6.86. The Labute approximate surface area is 126 Å². The van der Waals surface area contributed by atoms with E-state index >= 15 is 0 Å². The summed E-state index contributed by atoms with van der Waals surface area (Å²) in [4.78, 5) is 2.65. The van der Waals surface area contributed by atoms with Gasteiger partial charge >= 0.3 is 0 Å². The molecule has 0 aliphatic carbocycles. The van der Waals surface area contributed by atoms with Crippen LogP contribution in [0.25, 0.3) is 31.7 Å². The maximum atomic E-state index is 2.29. The molecule has 2 heteroatoms. The molecule has 0 spiro atoms. The first-order valence-electron chi connectivity index (χ1n) is 6.52. The summed E-state index contributed by atoms with van der Waals surface area (Å²) in [6, 6.07) is 22.0. The molecule has 2 aromatic carbocycles. The zero-order valence-electron chi connectivity index (χ0n) is 10.7. The van der Waals surface area contributed by atoms with E-state index in [1.165, 1.54) is 31.7 Å². The normalized spacial score (nSPS) is 11.0. The summed E-state index contributed by atoms with van der Waals surface area (Å²) in [5.41, 5.74) is 2.60. The number of hydrogen-bond acceptors (Lipinski definition) is 2. The lowest BCUT2D eigenvalue weighted by Gasteiger charge is -2.04. The molecule has 0 aliphatic rings. The van der Waals surface area contributed by atoms with Gasteiger partial charge in [0.15, 0.2) is 0 Å². The molecule has 0 atom stereocenters. The average Bonchev–Trinajstić information content (AvgIpc) is 3.19. The van der Waals surface area contributed by atoms with Crippen LogP contribution in [0.3, 0.4) is 0 Å². The number of rotatable bonds is 2. The maximum absolute atomic E-state index is 2.29. The van der Waals surface area contributed by atoms with Crippen molar-refractivity contribution in [1.82, 2.24) is 0 Å². The quantitative estimate of drug-likeness (QED) is 0.407. The molecule has 0 aliphatic heterocycles. The van der Waals surface area contributed by atoms with Crippen molar-refractivity contribution >= 4 is 33.4 Å². The lowest BCUT2D eigenvalue weighted by molar-refractivity contribution is 1.72. The van der Waals surface area contributed by atoms with Gasteiger partial charge in [-0.1, -0.05) is 36.4 Å². The molecular weight excluding hydrogens is 280 g/mol. The van der Waals surface area contributed by atoms with Crippen LogP contribution in [0, 0.1) is 0 Å². The third-order valence-corrected chi connectivity index (χ3v) is 5.29. The first kappa shape index (κ1) is 11.9. The smallest absolute Gasteiger partial charge is 0.0342 e. The molecule has 0 fully saturated rings. The Morgan fingerprint density at radius 3 is 1.55 bits per heavy atom. The third-order valence-electron chi connectivity index (χ3n) is 3.45. The molecule has 0 radical (unpaired) electrons. The van der Waals surface area contributed by atoms with Crippen LogP contribution >= 0.6 is 22.7 Å². The lowest BCUT2D eigenvalue weighted by Crippen LogP contribution is -1.78. The number of hydrogen-bond donors (Lipinski definition) is 0.